The first-order valence-corrected chi connectivity index (χ1v) is 7.67. The normalized spacial score (nSPS) is 12.7. The number of hydrogen-bond donors (Lipinski definition) is 2. The van der Waals surface area contributed by atoms with Gasteiger partial charge in [-0.05, 0) is 19.3 Å². The van der Waals surface area contributed by atoms with Gasteiger partial charge >= 0.3 is 11.9 Å². The van der Waals surface area contributed by atoms with Gasteiger partial charge in [0.05, 0.1) is 12.3 Å². The van der Waals surface area contributed by atoms with Crippen molar-refractivity contribution in [3.8, 4) is 0 Å². The second-order valence-electron chi connectivity index (χ2n) is 5.25. The van der Waals surface area contributed by atoms with E-state index in [1.54, 1.807) is 6.08 Å². The first-order chi connectivity index (χ1) is 9.57. The van der Waals surface area contributed by atoms with E-state index in [1.165, 1.54) is 38.5 Å². The average molecular weight is 284 g/mol. The first kappa shape index (κ1) is 18.7. The molecule has 2 N–H and O–H groups in total. The highest BCUT2D eigenvalue weighted by molar-refractivity contribution is 5.77. The SMILES string of the molecule is CCCCCCCCC/C=C/C[C@H](CC(=O)O)C(=O)O. The van der Waals surface area contributed by atoms with E-state index in [2.05, 4.69) is 6.92 Å². The topological polar surface area (TPSA) is 74.6 Å². The number of carboxylic acids is 2. The van der Waals surface area contributed by atoms with Crippen LogP contribution in [-0.4, -0.2) is 22.2 Å². The fourth-order valence-electron chi connectivity index (χ4n) is 2.08. The van der Waals surface area contributed by atoms with Crippen molar-refractivity contribution < 1.29 is 19.8 Å². The van der Waals surface area contributed by atoms with Crippen LogP contribution >= 0.6 is 0 Å². The van der Waals surface area contributed by atoms with Crippen LogP contribution in [0.5, 0.6) is 0 Å². The molecule has 0 aliphatic heterocycles. The van der Waals surface area contributed by atoms with Gasteiger partial charge in [0, 0.05) is 0 Å². The Labute approximate surface area is 121 Å². The molecule has 116 valence electrons. The van der Waals surface area contributed by atoms with E-state index in [0.717, 1.165) is 12.8 Å². The summed E-state index contributed by atoms with van der Waals surface area (Å²) in [7, 11) is 0. The zero-order chi connectivity index (χ0) is 15.2. The Morgan fingerprint density at radius 1 is 0.950 bits per heavy atom. The molecule has 0 spiro atoms. The third-order valence-corrected chi connectivity index (χ3v) is 3.33. The van der Waals surface area contributed by atoms with E-state index >= 15 is 0 Å². The minimum atomic E-state index is -1.06. The van der Waals surface area contributed by atoms with E-state index in [1.807, 2.05) is 6.08 Å². The molecule has 0 radical (unpaired) electrons. The lowest BCUT2D eigenvalue weighted by Crippen LogP contribution is -2.16. The summed E-state index contributed by atoms with van der Waals surface area (Å²) in [4.78, 5) is 21.3. The van der Waals surface area contributed by atoms with Gasteiger partial charge in [-0.2, -0.15) is 0 Å². The highest BCUT2D eigenvalue weighted by atomic mass is 16.4. The van der Waals surface area contributed by atoms with E-state index in [-0.39, 0.29) is 6.42 Å². The number of rotatable bonds is 13. The molecular formula is C16H28O4. The van der Waals surface area contributed by atoms with Gasteiger partial charge < -0.3 is 10.2 Å². The standard InChI is InChI=1S/C16H28O4/c1-2-3-4-5-6-7-8-9-10-11-12-14(16(19)20)13-15(17)18/h10-11,14H,2-9,12-13H2,1H3,(H,17,18)(H,19,20)/b11-10+/t14-/m1/s1. The fourth-order valence-corrected chi connectivity index (χ4v) is 2.08. The lowest BCUT2D eigenvalue weighted by atomic mass is 10.0. The molecule has 0 aliphatic carbocycles. The van der Waals surface area contributed by atoms with E-state index in [4.69, 9.17) is 10.2 Å². The lowest BCUT2D eigenvalue weighted by molar-refractivity contribution is -0.148. The summed E-state index contributed by atoms with van der Waals surface area (Å²) in [6.07, 6.45) is 13.5. The van der Waals surface area contributed by atoms with Gasteiger partial charge in [-0.25, -0.2) is 0 Å². The van der Waals surface area contributed by atoms with Crippen LogP contribution in [0, 0.1) is 5.92 Å². The summed E-state index contributed by atoms with van der Waals surface area (Å²) in [6.45, 7) is 2.21. The molecular weight excluding hydrogens is 256 g/mol. The average Bonchev–Trinajstić information content (AvgIpc) is 2.39. The molecule has 4 nitrogen and oxygen atoms in total. The molecule has 0 saturated carbocycles. The smallest absolute Gasteiger partial charge is 0.307 e. The van der Waals surface area contributed by atoms with Crippen LogP contribution in [0.15, 0.2) is 12.2 Å². The molecule has 0 aromatic heterocycles. The summed E-state index contributed by atoms with van der Waals surface area (Å²) < 4.78 is 0. The van der Waals surface area contributed by atoms with Crippen molar-refractivity contribution in [1.82, 2.24) is 0 Å². The van der Waals surface area contributed by atoms with E-state index < -0.39 is 17.9 Å². The third kappa shape index (κ3) is 11.8. The molecule has 0 bridgehead atoms. The van der Waals surface area contributed by atoms with Crippen LogP contribution in [0.1, 0.15) is 71.1 Å². The summed E-state index contributed by atoms with van der Waals surface area (Å²) >= 11 is 0. The van der Waals surface area contributed by atoms with Crippen LogP contribution in [0.3, 0.4) is 0 Å². The Morgan fingerprint density at radius 2 is 1.55 bits per heavy atom. The van der Waals surface area contributed by atoms with Crippen LogP contribution in [-0.2, 0) is 9.59 Å². The summed E-state index contributed by atoms with van der Waals surface area (Å²) in [6, 6.07) is 0. The van der Waals surface area contributed by atoms with E-state index in [0.29, 0.717) is 6.42 Å². The maximum absolute atomic E-state index is 10.8. The van der Waals surface area contributed by atoms with Crippen molar-refractivity contribution in [1.29, 1.82) is 0 Å². The van der Waals surface area contributed by atoms with Crippen molar-refractivity contribution in [2.75, 3.05) is 0 Å². The number of aliphatic carboxylic acids is 2. The number of carboxylic acid groups (broad SMARTS) is 2. The van der Waals surface area contributed by atoms with Crippen molar-refractivity contribution in [2.24, 2.45) is 5.92 Å². The molecule has 0 aromatic carbocycles. The van der Waals surface area contributed by atoms with Crippen molar-refractivity contribution in [3.05, 3.63) is 12.2 Å². The molecule has 0 amide bonds. The Hall–Kier alpha value is -1.32. The quantitative estimate of drug-likeness (QED) is 0.391. The Balaban J connectivity index is 3.58. The Kier molecular flexibility index (Phi) is 11.9. The monoisotopic (exact) mass is 284 g/mol. The highest BCUT2D eigenvalue weighted by Gasteiger charge is 2.18. The predicted molar refractivity (Wildman–Crippen MR) is 79.7 cm³/mol. The van der Waals surface area contributed by atoms with Crippen LogP contribution in [0.2, 0.25) is 0 Å². The van der Waals surface area contributed by atoms with Gasteiger partial charge in [0.1, 0.15) is 0 Å². The van der Waals surface area contributed by atoms with Gasteiger partial charge in [-0.15, -0.1) is 0 Å². The third-order valence-electron chi connectivity index (χ3n) is 3.33. The Bertz CT molecular complexity index is 297. The molecule has 0 rings (SSSR count). The minimum Gasteiger partial charge on any atom is -0.481 e. The van der Waals surface area contributed by atoms with Gasteiger partial charge in [0.2, 0.25) is 0 Å². The molecule has 0 aromatic rings. The Morgan fingerprint density at radius 3 is 2.10 bits per heavy atom. The summed E-state index contributed by atoms with van der Waals surface area (Å²) in [5, 5.41) is 17.5. The molecule has 0 aliphatic rings. The zero-order valence-electron chi connectivity index (χ0n) is 12.5. The van der Waals surface area contributed by atoms with E-state index in [9.17, 15) is 9.59 Å². The van der Waals surface area contributed by atoms with Crippen LogP contribution in [0.25, 0.3) is 0 Å². The van der Waals surface area contributed by atoms with Gasteiger partial charge in [-0.3, -0.25) is 9.59 Å². The van der Waals surface area contributed by atoms with Crippen LogP contribution in [0.4, 0.5) is 0 Å². The van der Waals surface area contributed by atoms with Crippen molar-refractivity contribution in [3.63, 3.8) is 0 Å². The molecule has 0 fully saturated rings. The minimum absolute atomic E-state index is 0.304. The van der Waals surface area contributed by atoms with Crippen molar-refractivity contribution >= 4 is 11.9 Å². The maximum Gasteiger partial charge on any atom is 0.307 e. The summed E-state index contributed by atoms with van der Waals surface area (Å²) in [5.41, 5.74) is 0. The lowest BCUT2D eigenvalue weighted by Gasteiger charge is -2.05. The number of unbranched alkanes of at least 4 members (excludes halogenated alkanes) is 7. The molecule has 4 heteroatoms. The van der Waals surface area contributed by atoms with Crippen LogP contribution < -0.4 is 0 Å². The first-order valence-electron chi connectivity index (χ1n) is 7.67. The molecule has 1 atom stereocenters. The molecule has 0 heterocycles. The largest absolute Gasteiger partial charge is 0.481 e. The highest BCUT2D eigenvalue weighted by Crippen LogP contribution is 2.12. The van der Waals surface area contributed by atoms with Gasteiger partial charge in [-0.1, -0.05) is 57.6 Å². The van der Waals surface area contributed by atoms with Gasteiger partial charge in [0.25, 0.3) is 0 Å². The molecule has 0 saturated heterocycles. The summed E-state index contributed by atoms with van der Waals surface area (Å²) in [5.74, 6) is -2.90. The maximum atomic E-state index is 10.8. The second kappa shape index (κ2) is 12.7. The van der Waals surface area contributed by atoms with Gasteiger partial charge in [0.15, 0.2) is 0 Å². The van der Waals surface area contributed by atoms with Crippen molar-refractivity contribution in [2.45, 2.75) is 71.1 Å². The molecule has 20 heavy (non-hydrogen) atoms. The number of allylic oxidation sites excluding steroid dienone is 2. The second-order valence-corrected chi connectivity index (χ2v) is 5.25. The zero-order valence-corrected chi connectivity index (χ0v) is 12.5. The molecule has 0 unspecified atom stereocenters. The predicted octanol–water partition coefficient (Wildman–Crippen LogP) is 4.25. The number of carbonyl (C=O) groups is 2. The fraction of sp³-hybridized carbons (Fsp3) is 0.750. The number of hydrogen-bond acceptors (Lipinski definition) is 2.